The standard InChI is InChI=1S/C23H23F2N5O2/c1-3-19(31)17-6-12(2)15(11-27-17)14-7-13-10-28-20(29-22(32)16-9-23(16,24)25)8-18(13)30-5-4-26-21(14)30/h6-8,10-11,16,19,31H,3-5,9H2,1-2H3,(H,28,29,32)/t16?,19-/m1/s1. The summed E-state index contributed by atoms with van der Waals surface area (Å²) in [6.45, 7) is 5.16. The fourth-order valence-corrected chi connectivity index (χ4v) is 4.16. The Morgan fingerprint density at radius 3 is 2.81 bits per heavy atom. The molecule has 0 aromatic carbocycles. The zero-order valence-electron chi connectivity index (χ0n) is 17.8. The summed E-state index contributed by atoms with van der Waals surface area (Å²) in [5.74, 6) is -3.86. The van der Waals surface area contributed by atoms with Gasteiger partial charge in [-0.15, -0.1) is 0 Å². The number of aliphatic imine (C=N–C) groups is 1. The largest absolute Gasteiger partial charge is 0.387 e. The van der Waals surface area contributed by atoms with Crippen LogP contribution in [-0.2, 0) is 4.79 Å². The minimum atomic E-state index is -2.92. The lowest BCUT2D eigenvalue weighted by Crippen LogP contribution is -2.31. The SMILES string of the molecule is CC[C@@H](O)c1cc(C)c(C2=Cc3cnc(NC(=O)C4CC4(F)F)cc3N3CCN=C23)cn1. The Labute approximate surface area is 183 Å². The molecular formula is C23H23F2N5O2. The van der Waals surface area contributed by atoms with Crippen molar-refractivity contribution in [2.75, 3.05) is 23.3 Å². The number of hydrogen-bond donors (Lipinski definition) is 2. The van der Waals surface area contributed by atoms with Crippen molar-refractivity contribution < 1.29 is 18.7 Å². The van der Waals surface area contributed by atoms with Crippen molar-refractivity contribution in [2.24, 2.45) is 10.9 Å². The van der Waals surface area contributed by atoms with E-state index in [1.165, 1.54) is 0 Å². The van der Waals surface area contributed by atoms with Crippen molar-refractivity contribution in [2.45, 2.75) is 38.7 Å². The monoisotopic (exact) mass is 439 g/mol. The smallest absolute Gasteiger partial charge is 0.260 e. The molecule has 1 aliphatic carbocycles. The Morgan fingerprint density at radius 1 is 1.34 bits per heavy atom. The molecule has 0 radical (unpaired) electrons. The first-order chi connectivity index (χ1) is 15.3. The first-order valence-electron chi connectivity index (χ1n) is 10.7. The topological polar surface area (TPSA) is 90.7 Å². The van der Waals surface area contributed by atoms with Crippen LogP contribution in [0.15, 0.2) is 29.5 Å². The molecule has 2 aliphatic heterocycles. The van der Waals surface area contributed by atoms with E-state index in [1.807, 2.05) is 30.9 Å². The highest BCUT2D eigenvalue weighted by molar-refractivity contribution is 6.36. The third-order valence-electron chi connectivity index (χ3n) is 6.13. The van der Waals surface area contributed by atoms with Crippen molar-refractivity contribution in [3.05, 3.63) is 46.9 Å². The van der Waals surface area contributed by atoms with Gasteiger partial charge in [0.2, 0.25) is 5.91 Å². The summed E-state index contributed by atoms with van der Waals surface area (Å²) >= 11 is 0. The van der Waals surface area contributed by atoms with E-state index in [1.54, 1.807) is 18.5 Å². The van der Waals surface area contributed by atoms with Crippen LogP contribution < -0.4 is 10.2 Å². The summed E-state index contributed by atoms with van der Waals surface area (Å²) in [6.07, 6.45) is 4.94. The van der Waals surface area contributed by atoms with Crippen LogP contribution in [-0.4, -0.2) is 45.8 Å². The molecule has 1 amide bonds. The maximum absolute atomic E-state index is 13.2. The highest BCUT2D eigenvalue weighted by Crippen LogP contribution is 2.49. The lowest BCUT2D eigenvalue weighted by molar-refractivity contribution is -0.119. The molecule has 2 atom stereocenters. The quantitative estimate of drug-likeness (QED) is 0.743. The van der Waals surface area contributed by atoms with Crippen molar-refractivity contribution >= 4 is 34.9 Å². The number of nitrogens with one attached hydrogen (secondary N) is 1. The van der Waals surface area contributed by atoms with Gasteiger partial charge in [0.25, 0.3) is 5.92 Å². The molecule has 4 heterocycles. The summed E-state index contributed by atoms with van der Waals surface area (Å²) in [6, 6.07) is 3.60. The average molecular weight is 439 g/mol. The molecular weight excluding hydrogens is 416 g/mol. The van der Waals surface area contributed by atoms with Crippen LogP contribution in [0.25, 0.3) is 11.6 Å². The van der Waals surface area contributed by atoms with Gasteiger partial charge in [-0.05, 0) is 31.1 Å². The van der Waals surface area contributed by atoms with Crippen LogP contribution in [0.4, 0.5) is 20.3 Å². The number of aliphatic hydroxyl groups excluding tert-OH is 1. The van der Waals surface area contributed by atoms with Crippen LogP contribution >= 0.6 is 0 Å². The number of aryl methyl sites for hydroxylation is 1. The highest BCUT2D eigenvalue weighted by Gasteiger charge is 2.61. The van der Waals surface area contributed by atoms with E-state index >= 15 is 0 Å². The van der Waals surface area contributed by atoms with Gasteiger partial charge in [-0.1, -0.05) is 6.92 Å². The lowest BCUT2D eigenvalue weighted by atomic mass is 9.94. The fourth-order valence-electron chi connectivity index (χ4n) is 4.16. The third-order valence-corrected chi connectivity index (χ3v) is 6.13. The van der Waals surface area contributed by atoms with Gasteiger partial charge in [0.05, 0.1) is 24.0 Å². The van der Waals surface area contributed by atoms with Gasteiger partial charge in [-0.2, -0.15) is 0 Å². The average Bonchev–Trinajstić information content (AvgIpc) is 3.18. The van der Waals surface area contributed by atoms with Crippen molar-refractivity contribution in [1.82, 2.24) is 9.97 Å². The second-order valence-electron chi connectivity index (χ2n) is 8.40. The molecule has 1 fully saturated rings. The molecule has 0 bridgehead atoms. The summed E-state index contributed by atoms with van der Waals surface area (Å²) in [5, 5.41) is 12.6. The number of fused-ring (bicyclic) bond motifs is 3. The Kier molecular flexibility index (Phi) is 4.81. The summed E-state index contributed by atoms with van der Waals surface area (Å²) in [7, 11) is 0. The first-order valence-corrected chi connectivity index (χ1v) is 10.7. The van der Waals surface area contributed by atoms with Gasteiger partial charge < -0.3 is 15.3 Å². The van der Waals surface area contributed by atoms with E-state index in [0.29, 0.717) is 25.2 Å². The number of carbonyl (C=O) groups excluding carboxylic acids is 1. The number of halogens is 2. The van der Waals surface area contributed by atoms with Crippen LogP contribution in [0, 0.1) is 12.8 Å². The predicted molar refractivity (Wildman–Crippen MR) is 118 cm³/mol. The van der Waals surface area contributed by atoms with Gasteiger partial charge in [0.15, 0.2) is 0 Å². The minimum absolute atomic E-state index is 0.246. The van der Waals surface area contributed by atoms with Gasteiger partial charge >= 0.3 is 0 Å². The van der Waals surface area contributed by atoms with Crippen molar-refractivity contribution in [3.63, 3.8) is 0 Å². The number of amides is 1. The second kappa shape index (κ2) is 7.44. The lowest BCUT2D eigenvalue weighted by Gasteiger charge is -2.29. The molecule has 9 heteroatoms. The van der Waals surface area contributed by atoms with Gasteiger partial charge in [0, 0.05) is 48.1 Å². The summed E-state index contributed by atoms with van der Waals surface area (Å²) in [5.41, 5.74) is 5.11. The second-order valence-corrected chi connectivity index (χ2v) is 8.40. The number of amidine groups is 1. The first kappa shape index (κ1) is 20.7. The number of carbonyl (C=O) groups is 1. The number of alkyl halides is 2. The Bertz CT molecular complexity index is 1180. The highest BCUT2D eigenvalue weighted by atomic mass is 19.3. The molecule has 3 aliphatic rings. The zero-order chi connectivity index (χ0) is 22.6. The van der Waals surface area contributed by atoms with Crippen LogP contribution in [0.2, 0.25) is 0 Å². The number of aromatic nitrogens is 2. The number of rotatable bonds is 5. The van der Waals surface area contributed by atoms with Crippen molar-refractivity contribution in [1.29, 1.82) is 0 Å². The molecule has 1 unspecified atom stereocenters. The predicted octanol–water partition coefficient (Wildman–Crippen LogP) is 3.59. The maximum Gasteiger partial charge on any atom is 0.260 e. The van der Waals surface area contributed by atoms with E-state index in [0.717, 1.165) is 33.8 Å². The zero-order valence-corrected chi connectivity index (χ0v) is 17.8. The van der Waals surface area contributed by atoms with Crippen molar-refractivity contribution in [3.8, 4) is 0 Å². The Morgan fingerprint density at radius 2 is 2.12 bits per heavy atom. The third kappa shape index (κ3) is 3.46. The summed E-state index contributed by atoms with van der Waals surface area (Å²) < 4.78 is 26.4. The van der Waals surface area contributed by atoms with E-state index in [-0.39, 0.29) is 5.82 Å². The number of aliphatic hydroxyl groups is 1. The van der Waals surface area contributed by atoms with E-state index < -0.39 is 30.3 Å². The fraction of sp³-hybridized carbons (Fsp3) is 0.391. The molecule has 0 saturated heterocycles. The molecule has 2 aromatic heterocycles. The molecule has 32 heavy (non-hydrogen) atoms. The van der Waals surface area contributed by atoms with Gasteiger partial charge in [-0.3, -0.25) is 14.8 Å². The molecule has 2 N–H and O–H groups in total. The number of hydrogen-bond acceptors (Lipinski definition) is 6. The minimum Gasteiger partial charge on any atom is -0.387 e. The maximum atomic E-state index is 13.2. The van der Waals surface area contributed by atoms with Gasteiger partial charge in [0.1, 0.15) is 17.6 Å². The number of pyridine rings is 2. The summed E-state index contributed by atoms with van der Waals surface area (Å²) in [4.78, 5) is 27.5. The molecule has 2 aromatic rings. The number of nitrogens with zero attached hydrogens (tertiary/aromatic N) is 4. The Balaban J connectivity index is 1.48. The van der Waals surface area contributed by atoms with Gasteiger partial charge in [-0.25, -0.2) is 13.8 Å². The molecule has 0 spiro atoms. The normalized spacial score (nSPS) is 21.3. The van der Waals surface area contributed by atoms with E-state index in [2.05, 4.69) is 20.3 Å². The van der Waals surface area contributed by atoms with Crippen LogP contribution in [0.5, 0.6) is 0 Å². The Hall–Kier alpha value is -3.20. The van der Waals surface area contributed by atoms with E-state index in [4.69, 9.17) is 0 Å². The van der Waals surface area contributed by atoms with E-state index in [9.17, 15) is 18.7 Å². The molecule has 1 saturated carbocycles. The number of anilines is 2. The molecule has 7 nitrogen and oxygen atoms in total. The molecule has 166 valence electrons. The molecule has 5 rings (SSSR count). The van der Waals surface area contributed by atoms with Crippen LogP contribution in [0.3, 0.4) is 0 Å². The van der Waals surface area contributed by atoms with Crippen LogP contribution in [0.1, 0.15) is 48.3 Å².